The molecule has 1 fully saturated rings. The fourth-order valence-corrected chi connectivity index (χ4v) is 6.17. The van der Waals surface area contributed by atoms with Crippen LogP contribution in [0.15, 0.2) is 42.1 Å². The molecular formula is C24H23ClF3N5O7S2. The number of rotatable bonds is 8. The van der Waals surface area contributed by atoms with Gasteiger partial charge in [-0.3, -0.25) is 9.59 Å². The number of hydrogen-bond donors (Lipinski definition) is 2. The SMILES string of the molecule is COC(=O)CN([C@H]1CCN(Cc2ccc3c(N)ncnc3c2)C1=O)S(=O)(=O)C=Cc1ccc(Cl)s1.O=C(O)C(F)(F)F. The maximum absolute atomic E-state index is 13.2. The van der Waals surface area contributed by atoms with E-state index in [1.807, 2.05) is 12.1 Å². The van der Waals surface area contributed by atoms with Crippen LogP contribution < -0.4 is 5.73 Å². The number of benzene rings is 1. The van der Waals surface area contributed by atoms with E-state index in [0.717, 1.165) is 22.4 Å². The van der Waals surface area contributed by atoms with Gasteiger partial charge in [0, 0.05) is 28.8 Å². The zero-order valence-electron chi connectivity index (χ0n) is 21.6. The van der Waals surface area contributed by atoms with Crippen LogP contribution in [0.4, 0.5) is 19.0 Å². The van der Waals surface area contributed by atoms with Crippen molar-refractivity contribution in [3.05, 3.63) is 56.8 Å². The number of nitrogens with zero attached hydrogens (tertiary/aromatic N) is 4. The van der Waals surface area contributed by atoms with E-state index in [1.54, 1.807) is 23.1 Å². The number of halogens is 4. The number of hydrogen-bond acceptors (Lipinski definition) is 10. The second-order valence-electron chi connectivity index (χ2n) is 8.59. The molecule has 1 aliphatic rings. The third kappa shape index (κ3) is 8.37. The standard InChI is InChI=1S/C22H22ClN5O5S2.C2HF3O2/c1-33-20(29)12-28(35(31,32)9-7-15-3-5-19(23)34-15)18-6-8-27(22(18)30)11-14-2-4-16-17(10-14)25-13-26-21(16)24;3-2(4,5)1(6)7/h2-5,7,9-10,13,18H,6,8,11-12H2,1H3,(H2,24,25,26);(H,6,7)/t18-;/m0./s1. The Morgan fingerprint density at radius 3 is 2.57 bits per heavy atom. The Balaban J connectivity index is 0.000000616. The molecule has 3 N–H and O–H groups in total. The number of amides is 1. The van der Waals surface area contributed by atoms with Gasteiger partial charge in [-0.15, -0.1) is 11.3 Å². The Kier molecular flexibility index (Phi) is 10.5. The Hall–Kier alpha value is -3.80. The summed E-state index contributed by atoms with van der Waals surface area (Å²) in [4.78, 5) is 44.5. The zero-order valence-corrected chi connectivity index (χ0v) is 24.0. The minimum absolute atomic E-state index is 0.233. The summed E-state index contributed by atoms with van der Waals surface area (Å²) >= 11 is 7.11. The minimum Gasteiger partial charge on any atom is -0.475 e. The number of anilines is 1. The second kappa shape index (κ2) is 13.5. The van der Waals surface area contributed by atoms with Crippen LogP contribution in [0.3, 0.4) is 0 Å². The number of carbonyl (C=O) groups excluding carboxylic acids is 2. The second-order valence-corrected chi connectivity index (χ2v) is 12.1. The van der Waals surface area contributed by atoms with Crippen molar-refractivity contribution < 1.29 is 45.8 Å². The molecule has 1 saturated heterocycles. The molecule has 3 aromatic rings. The molecule has 0 saturated carbocycles. The number of carboxylic acid groups (broad SMARTS) is 1. The number of esters is 1. The van der Waals surface area contributed by atoms with Crippen LogP contribution >= 0.6 is 22.9 Å². The van der Waals surface area contributed by atoms with Gasteiger partial charge in [0.2, 0.25) is 15.9 Å². The Labute approximate surface area is 246 Å². The Morgan fingerprint density at radius 2 is 1.98 bits per heavy atom. The molecule has 0 spiro atoms. The molecule has 0 unspecified atom stereocenters. The van der Waals surface area contributed by atoms with E-state index in [1.165, 1.54) is 23.7 Å². The van der Waals surface area contributed by atoms with Gasteiger partial charge in [-0.05, 0) is 42.3 Å². The zero-order chi connectivity index (χ0) is 31.2. The number of aromatic nitrogens is 2. The lowest BCUT2D eigenvalue weighted by molar-refractivity contribution is -0.192. The average Bonchev–Trinajstić information content (AvgIpc) is 3.50. The summed E-state index contributed by atoms with van der Waals surface area (Å²) in [7, 11) is -2.96. The predicted octanol–water partition coefficient (Wildman–Crippen LogP) is 3.14. The number of likely N-dealkylation sites (tertiary alicyclic amines) is 1. The fraction of sp³-hybridized carbons (Fsp3) is 0.292. The molecular weight excluding hydrogens is 627 g/mol. The molecule has 0 bridgehead atoms. The van der Waals surface area contributed by atoms with Crippen LogP contribution in [-0.4, -0.2) is 83.0 Å². The maximum atomic E-state index is 13.2. The van der Waals surface area contributed by atoms with Gasteiger partial charge < -0.3 is 20.5 Å². The predicted molar refractivity (Wildman–Crippen MR) is 147 cm³/mol. The molecule has 4 rings (SSSR count). The van der Waals surface area contributed by atoms with E-state index in [9.17, 15) is 31.2 Å². The van der Waals surface area contributed by atoms with Crippen LogP contribution in [0.1, 0.15) is 16.9 Å². The van der Waals surface area contributed by atoms with Gasteiger partial charge >= 0.3 is 18.1 Å². The normalized spacial score (nSPS) is 15.7. The summed E-state index contributed by atoms with van der Waals surface area (Å²) in [5, 5.41) is 8.80. The molecule has 1 aromatic carbocycles. The highest BCUT2D eigenvalue weighted by atomic mass is 35.5. The van der Waals surface area contributed by atoms with E-state index in [4.69, 9.17) is 27.2 Å². The monoisotopic (exact) mass is 649 g/mol. The number of nitrogen functional groups attached to an aromatic ring is 1. The molecule has 18 heteroatoms. The fourth-order valence-electron chi connectivity index (χ4n) is 3.81. The van der Waals surface area contributed by atoms with Crippen molar-refractivity contribution in [1.29, 1.82) is 0 Å². The molecule has 1 atom stereocenters. The van der Waals surface area contributed by atoms with Crippen LogP contribution in [0.2, 0.25) is 4.34 Å². The third-order valence-electron chi connectivity index (χ3n) is 5.80. The van der Waals surface area contributed by atoms with E-state index in [2.05, 4.69) is 14.7 Å². The summed E-state index contributed by atoms with van der Waals surface area (Å²) < 4.78 is 64.1. The van der Waals surface area contributed by atoms with Gasteiger partial charge in [-0.25, -0.2) is 23.2 Å². The van der Waals surface area contributed by atoms with E-state index < -0.39 is 46.6 Å². The number of sulfonamides is 1. The highest BCUT2D eigenvalue weighted by Gasteiger charge is 2.42. The summed E-state index contributed by atoms with van der Waals surface area (Å²) in [5.74, 6) is -3.56. The Bertz CT molecular complexity index is 1620. The first-order valence-corrected chi connectivity index (χ1v) is 14.4. The number of nitrogens with two attached hydrogens (primary N) is 1. The van der Waals surface area contributed by atoms with E-state index >= 15 is 0 Å². The van der Waals surface area contributed by atoms with Crippen LogP contribution in [0.25, 0.3) is 17.0 Å². The molecule has 0 radical (unpaired) electrons. The largest absolute Gasteiger partial charge is 0.490 e. The quantitative estimate of drug-likeness (QED) is 0.345. The molecule has 3 heterocycles. The van der Waals surface area contributed by atoms with Crippen molar-refractivity contribution >= 4 is 73.6 Å². The van der Waals surface area contributed by atoms with Gasteiger partial charge in [0.05, 0.1) is 17.0 Å². The average molecular weight is 650 g/mol. The smallest absolute Gasteiger partial charge is 0.475 e. The van der Waals surface area contributed by atoms with Crippen molar-refractivity contribution in [2.24, 2.45) is 0 Å². The molecule has 42 heavy (non-hydrogen) atoms. The van der Waals surface area contributed by atoms with Crippen LogP contribution in [-0.2, 0) is 35.7 Å². The number of methoxy groups -OCH3 is 1. The highest BCUT2D eigenvalue weighted by Crippen LogP contribution is 2.27. The molecule has 2 aromatic heterocycles. The number of ether oxygens (including phenoxy) is 1. The topological polar surface area (TPSA) is 173 Å². The summed E-state index contributed by atoms with van der Waals surface area (Å²) in [5.41, 5.74) is 7.32. The molecule has 12 nitrogen and oxygen atoms in total. The molecule has 226 valence electrons. The number of aliphatic carboxylic acids is 1. The van der Waals surface area contributed by atoms with Crippen LogP contribution in [0, 0.1) is 0 Å². The van der Waals surface area contributed by atoms with Crippen LogP contribution in [0.5, 0.6) is 0 Å². The molecule has 1 aliphatic heterocycles. The van der Waals surface area contributed by atoms with Crippen molar-refractivity contribution in [1.82, 2.24) is 19.2 Å². The maximum Gasteiger partial charge on any atom is 0.490 e. The number of carboxylic acids is 1. The molecule has 0 aliphatic carbocycles. The number of fused-ring (bicyclic) bond motifs is 1. The first-order valence-electron chi connectivity index (χ1n) is 11.7. The number of thiophene rings is 1. The van der Waals surface area contributed by atoms with Gasteiger partial charge in [0.1, 0.15) is 24.7 Å². The highest BCUT2D eigenvalue weighted by molar-refractivity contribution is 7.92. The lowest BCUT2D eigenvalue weighted by atomic mass is 10.1. The Morgan fingerprint density at radius 1 is 1.29 bits per heavy atom. The first kappa shape index (κ1) is 32.7. The minimum atomic E-state index is -5.08. The number of alkyl halides is 3. The van der Waals surface area contributed by atoms with Gasteiger partial charge in [0.25, 0.3) is 0 Å². The third-order valence-corrected chi connectivity index (χ3v) is 8.52. The van der Waals surface area contributed by atoms with Gasteiger partial charge in [-0.1, -0.05) is 17.7 Å². The summed E-state index contributed by atoms with van der Waals surface area (Å²) in [6.45, 7) is 0.000500. The first-order chi connectivity index (χ1) is 19.6. The molecule has 1 amide bonds. The van der Waals surface area contributed by atoms with Gasteiger partial charge in [0.15, 0.2) is 0 Å². The lowest BCUT2D eigenvalue weighted by Crippen LogP contribution is -2.46. The van der Waals surface area contributed by atoms with Gasteiger partial charge in [-0.2, -0.15) is 17.5 Å². The summed E-state index contributed by atoms with van der Waals surface area (Å²) in [6, 6.07) is 7.71. The van der Waals surface area contributed by atoms with Crippen molar-refractivity contribution in [3.63, 3.8) is 0 Å². The summed E-state index contributed by atoms with van der Waals surface area (Å²) in [6.07, 6.45) is -2.10. The lowest BCUT2D eigenvalue weighted by Gasteiger charge is -2.25. The van der Waals surface area contributed by atoms with E-state index in [-0.39, 0.29) is 13.0 Å². The van der Waals surface area contributed by atoms with Crippen molar-refractivity contribution in [2.45, 2.75) is 25.2 Å². The van der Waals surface area contributed by atoms with Crippen molar-refractivity contribution in [3.8, 4) is 0 Å². The van der Waals surface area contributed by atoms with Crippen molar-refractivity contribution in [2.75, 3.05) is 25.9 Å². The number of carbonyl (C=O) groups is 3. The van der Waals surface area contributed by atoms with E-state index in [0.29, 0.717) is 32.5 Å².